The predicted molar refractivity (Wildman–Crippen MR) is 129 cm³/mol. The molecule has 0 spiro atoms. The maximum absolute atomic E-state index is 5.97. The van der Waals surface area contributed by atoms with Crippen LogP contribution in [-0.2, 0) is 13.1 Å². The van der Waals surface area contributed by atoms with Crippen molar-refractivity contribution in [2.45, 2.75) is 13.1 Å². The Hall–Kier alpha value is -4.77. The van der Waals surface area contributed by atoms with Crippen LogP contribution in [0.1, 0.15) is 11.5 Å². The summed E-state index contributed by atoms with van der Waals surface area (Å²) in [5, 5.41) is 20.0. The van der Waals surface area contributed by atoms with E-state index in [0.717, 1.165) is 27.8 Å². The van der Waals surface area contributed by atoms with Gasteiger partial charge in [-0.05, 0) is 42.0 Å². The number of H-pyrrole nitrogens is 1. The summed E-state index contributed by atoms with van der Waals surface area (Å²) in [6.07, 6.45) is 1.77. The van der Waals surface area contributed by atoms with Crippen LogP contribution in [0.3, 0.4) is 0 Å². The van der Waals surface area contributed by atoms with Gasteiger partial charge in [0.2, 0.25) is 11.7 Å². The molecule has 11 heteroatoms. The molecule has 0 unspecified atom stereocenters. The predicted octanol–water partition coefficient (Wildman–Crippen LogP) is 3.20. The Morgan fingerprint density at radius 2 is 1.94 bits per heavy atom. The van der Waals surface area contributed by atoms with Crippen molar-refractivity contribution in [1.29, 1.82) is 0 Å². The quantitative estimate of drug-likeness (QED) is 0.322. The number of anilines is 1. The van der Waals surface area contributed by atoms with Gasteiger partial charge in [0.05, 0.1) is 25.4 Å². The molecule has 0 aliphatic heterocycles. The Kier molecular flexibility index (Phi) is 5.08. The Bertz CT molecular complexity index is 1630. The molecule has 0 radical (unpaired) electrons. The van der Waals surface area contributed by atoms with E-state index in [-0.39, 0.29) is 0 Å². The van der Waals surface area contributed by atoms with Crippen LogP contribution >= 0.6 is 0 Å². The second-order valence-corrected chi connectivity index (χ2v) is 7.97. The molecule has 0 aliphatic carbocycles. The number of rotatable bonds is 7. The van der Waals surface area contributed by atoms with E-state index in [2.05, 4.69) is 30.8 Å². The SMILES string of the molecule is COc1ccc(CNCc2nc(-c3c(-c4ccc5[nH]ncc5c4)nc4ccc(N)nn34)no2)cc1. The number of fused-ring (bicyclic) bond motifs is 2. The van der Waals surface area contributed by atoms with Crippen LogP contribution in [0.15, 0.2) is 65.3 Å². The number of hydrogen-bond acceptors (Lipinski definition) is 9. The maximum atomic E-state index is 5.97. The lowest BCUT2D eigenvalue weighted by Gasteiger charge is -2.04. The third kappa shape index (κ3) is 3.93. The Morgan fingerprint density at radius 3 is 2.80 bits per heavy atom. The number of aromatic amines is 1. The van der Waals surface area contributed by atoms with Crippen molar-refractivity contribution in [2.75, 3.05) is 12.8 Å². The van der Waals surface area contributed by atoms with Crippen molar-refractivity contribution < 1.29 is 9.26 Å². The van der Waals surface area contributed by atoms with Crippen LogP contribution in [0.2, 0.25) is 0 Å². The van der Waals surface area contributed by atoms with Gasteiger partial charge < -0.3 is 20.3 Å². The minimum atomic E-state index is 0.359. The highest BCUT2D eigenvalue weighted by Crippen LogP contribution is 2.32. The molecule has 0 saturated heterocycles. The van der Waals surface area contributed by atoms with Crippen molar-refractivity contribution in [2.24, 2.45) is 0 Å². The first-order valence-electron chi connectivity index (χ1n) is 10.9. The lowest BCUT2D eigenvalue weighted by Crippen LogP contribution is -2.12. The molecule has 0 atom stereocenters. The van der Waals surface area contributed by atoms with Gasteiger partial charge in [0, 0.05) is 17.5 Å². The molecule has 0 saturated carbocycles. The lowest BCUT2D eigenvalue weighted by atomic mass is 10.1. The highest BCUT2D eigenvalue weighted by molar-refractivity contribution is 5.87. The minimum Gasteiger partial charge on any atom is -0.497 e. The summed E-state index contributed by atoms with van der Waals surface area (Å²) < 4.78 is 12.4. The molecule has 2 aromatic carbocycles. The molecular weight excluding hydrogens is 446 g/mol. The van der Waals surface area contributed by atoms with E-state index in [1.165, 1.54) is 0 Å². The summed E-state index contributed by atoms with van der Waals surface area (Å²) in [4.78, 5) is 9.39. The minimum absolute atomic E-state index is 0.359. The summed E-state index contributed by atoms with van der Waals surface area (Å²) in [6.45, 7) is 1.05. The molecule has 4 aromatic heterocycles. The smallest absolute Gasteiger partial charge is 0.240 e. The molecule has 4 heterocycles. The largest absolute Gasteiger partial charge is 0.497 e. The van der Waals surface area contributed by atoms with E-state index >= 15 is 0 Å². The van der Waals surface area contributed by atoms with Gasteiger partial charge in [-0.25, -0.2) is 9.50 Å². The molecule has 4 N–H and O–H groups in total. The first-order valence-corrected chi connectivity index (χ1v) is 10.9. The lowest BCUT2D eigenvalue weighted by molar-refractivity contribution is 0.367. The average molecular weight is 467 g/mol. The van der Waals surface area contributed by atoms with Crippen molar-refractivity contribution in [3.8, 4) is 28.5 Å². The number of nitrogen functional groups attached to an aromatic ring is 1. The zero-order chi connectivity index (χ0) is 23.8. The second-order valence-electron chi connectivity index (χ2n) is 7.97. The summed E-state index contributed by atoms with van der Waals surface area (Å²) in [7, 11) is 1.65. The monoisotopic (exact) mass is 467 g/mol. The van der Waals surface area contributed by atoms with Gasteiger partial charge in [-0.1, -0.05) is 23.4 Å². The van der Waals surface area contributed by atoms with Crippen LogP contribution in [0.4, 0.5) is 5.82 Å². The number of methoxy groups -OCH3 is 1. The number of nitrogens with two attached hydrogens (primary N) is 1. The summed E-state index contributed by atoms with van der Waals surface area (Å²) in [5.74, 6) is 2.00. The van der Waals surface area contributed by atoms with E-state index in [1.54, 1.807) is 23.9 Å². The van der Waals surface area contributed by atoms with E-state index in [1.807, 2.05) is 48.5 Å². The molecule has 0 bridgehead atoms. The number of hydrogen-bond donors (Lipinski definition) is 3. The zero-order valence-electron chi connectivity index (χ0n) is 18.8. The molecule has 0 aliphatic rings. The second kappa shape index (κ2) is 8.54. The molecule has 0 fully saturated rings. The molecule has 174 valence electrons. The molecule has 35 heavy (non-hydrogen) atoms. The normalized spacial score (nSPS) is 11.5. The van der Waals surface area contributed by atoms with Gasteiger partial charge in [-0.3, -0.25) is 5.10 Å². The van der Waals surface area contributed by atoms with Gasteiger partial charge in [0.1, 0.15) is 23.0 Å². The Balaban J connectivity index is 1.31. The van der Waals surface area contributed by atoms with E-state index < -0.39 is 0 Å². The highest BCUT2D eigenvalue weighted by atomic mass is 16.5. The van der Waals surface area contributed by atoms with E-state index in [4.69, 9.17) is 20.0 Å². The fraction of sp³-hybridized carbons (Fsp3) is 0.125. The van der Waals surface area contributed by atoms with Gasteiger partial charge in [0.15, 0.2) is 5.65 Å². The van der Waals surface area contributed by atoms with E-state index in [0.29, 0.717) is 47.7 Å². The number of nitrogens with zero attached hydrogens (tertiary/aromatic N) is 6. The first-order chi connectivity index (χ1) is 17.2. The van der Waals surface area contributed by atoms with Crippen molar-refractivity contribution in [3.05, 3.63) is 72.2 Å². The molecule has 0 amide bonds. The van der Waals surface area contributed by atoms with Crippen LogP contribution in [0.25, 0.3) is 39.3 Å². The average Bonchev–Trinajstić information content (AvgIpc) is 3.62. The topological polar surface area (TPSA) is 145 Å². The Labute approximate surface area is 198 Å². The maximum Gasteiger partial charge on any atom is 0.240 e. The van der Waals surface area contributed by atoms with Crippen LogP contribution in [0.5, 0.6) is 5.75 Å². The van der Waals surface area contributed by atoms with Crippen LogP contribution in [0, 0.1) is 0 Å². The highest BCUT2D eigenvalue weighted by Gasteiger charge is 2.22. The van der Waals surface area contributed by atoms with E-state index in [9.17, 15) is 0 Å². The summed E-state index contributed by atoms with van der Waals surface area (Å²) in [5.41, 5.74) is 10.8. The number of imidazole rings is 1. The van der Waals surface area contributed by atoms with Gasteiger partial charge >= 0.3 is 0 Å². The van der Waals surface area contributed by atoms with Crippen LogP contribution in [-0.4, -0.2) is 42.0 Å². The van der Waals surface area contributed by atoms with Gasteiger partial charge in [-0.2, -0.15) is 10.1 Å². The fourth-order valence-electron chi connectivity index (χ4n) is 3.92. The molecule has 6 rings (SSSR count). The number of benzene rings is 2. The molecule has 6 aromatic rings. The number of ether oxygens (including phenoxy) is 1. The zero-order valence-corrected chi connectivity index (χ0v) is 18.8. The third-order valence-electron chi connectivity index (χ3n) is 5.66. The van der Waals surface area contributed by atoms with Gasteiger partial charge in [-0.15, -0.1) is 5.10 Å². The third-order valence-corrected chi connectivity index (χ3v) is 5.66. The number of nitrogens with one attached hydrogen (secondary N) is 2. The number of aromatic nitrogens is 7. The van der Waals surface area contributed by atoms with Crippen molar-refractivity contribution in [1.82, 2.24) is 40.3 Å². The summed E-state index contributed by atoms with van der Waals surface area (Å²) >= 11 is 0. The fourth-order valence-corrected chi connectivity index (χ4v) is 3.92. The van der Waals surface area contributed by atoms with Crippen molar-refractivity contribution >= 4 is 22.4 Å². The first kappa shape index (κ1) is 20.8. The standard InChI is InChI=1S/C24H21N9O2/c1-34-17-5-2-14(3-6-17)11-26-13-21-29-24(32-35-21)23-22(28-20-9-8-19(25)31-33(20)23)15-4-7-18-16(10-15)12-27-30-18/h2-10,12,26H,11,13H2,1H3,(H2,25,31)(H,27,30). The molecule has 11 nitrogen and oxygen atoms in total. The molecular formula is C24H21N9O2. The van der Waals surface area contributed by atoms with Gasteiger partial charge in [0.25, 0.3) is 0 Å². The Morgan fingerprint density at radius 1 is 1.06 bits per heavy atom. The van der Waals surface area contributed by atoms with Crippen molar-refractivity contribution in [3.63, 3.8) is 0 Å². The van der Waals surface area contributed by atoms with Crippen LogP contribution < -0.4 is 15.8 Å². The summed E-state index contributed by atoms with van der Waals surface area (Å²) in [6, 6.07) is 17.3.